The Balaban J connectivity index is 2.09. The molecule has 2 N–H and O–H groups in total. The Kier molecular flexibility index (Phi) is 8.18. The van der Waals surface area contributed by atoms with E-state index in [2.05, 4.69) is 24.5 Å². The van der Waals surface area contributed by atoms with E-state index in [1.807, 2.05) is 20.8 Å². The monoisotopic (exact) mass is 314 g/mol. The Morgan fingerprint density at radius 3 is 2.27 bits per heavy atom. The van der Waals surface area contributed by atoms with Gasteiger partial charge in [0.15, 0.2) is 0 Å². The first-order valence-electron chi connectivity index (χ1n) is 8.61. The Hall–Kier alpha value is -0.810. The smallest absolute Gasteiger partial charge is 0.407 e. The van der Waals surface area contributed by atoms with Gasteiger partial charge in [-0.3, -0.25) is 0 Å². The summed E-state index contributed by atoms with van der Waals surface area (Å²) in [6.45, 7) is 11.6. The summed E-state index contributed by atoms with van der Waals surface area (Å²) in [6, 6.07) is 0.813. The maximum Gasteiger partial charge on any atom is 0.407 e. The zero-order chi connectivity index (χ0) is 16.6. The number of rotatable bonds is 7. The molecule has 0 aromatic heterocycles. The number of carbonyl (C=O) groups excluding carboxylic acids is 1. The number of ether oxygens (including phenoxy) is 2. The van der Waals surface area contributed by atoms with Crippen molar-refractivity contribution in [2.24, 2.45) is 0 Å². The Labute approximate surface area is 135 Å². The third-order valence-electron chi connectivity index (χ3n) is 3.65. The van der Waals surface area contributed by atoms with E-state index in [1.165, 1.54) is 0 Å². The van der Waals surface area contributed by atoms with E-state index in [-0.39, 0.29) is 12.1 Å². The van der Waals surface area contributed by atoms with Crippen LogP contribution in [0.5, 0.6) is 0 Å². The second-order valence-corrected chi connectivity index (χ2v) is 7.42. The molecule has 0 atom stereocenters. The van der Waals surface area contributed by atoms with E-state index in [4.69, 9.17) is 9.47 Å². The maximum absolute atomic E-state index is 11.7. The molecule has 1 fully saturated rings. The molecule has 0 radical (unpaired) electrons. The van der Waals surface area contributed by atoms with Crippen LogP contribution in [0.25, 0.3) is 0 Å². The number of nitrogens with one attached hydrogen (secondary N) is 2. The summed E-state index contributed by atoms with van der Waals surface area (Å²) in [5.74, 6) is 0. The molecule has 1 amide bonds. The highest BCUT2D eigenvalue weighted by Crippen LogP contribution is 2.19. The second kappa shape index (κ2) is 9.36. The summed E-state index contributed by atoms with van der Waals surface area (Å²) in [4.78, 5) is 11.7. The van der Waals surface area contributed by atoms with Crippen molar-refractivity contribution in [3.63, 3.8) is 0 Å². The van der Waals surface area contributed by atoms with Gasteiger partial charge in [0.05, 0.1) is 6.10 Å². The average Bonchev–Trinajstić information content (AvgIpc) is 2.37. The van der Waals surface area contributed by atoms with E-state index in [1.54, 1.807) is 0 Å². The molecule has 1 aliphatic carbocycles. The standard InChI is InChI=1S/C17H34N2O3/c1-13(2)21-12-6-11-18-14-7-9-15(10-8-14)19-16(20)22-17(3,4)5/h13-15,18H,6-12H2,1-5H3,(H,19,20). The van der Waals surface area contributed by atoms with Gasteiger partial charge >= 0.3 is 6.09 Å². The molecule has 22 heavy (non-hydrogen) atoms. The predicted molar refractivity (Wildman–Crippen MR) is 89.1 cm³/mol. The van der Waals surface area contributed by atoms with Crippen LogP contribution in [0.3, 0.4) is 0 Å². The second-order valence-electron chi connectivity index (χ2n) is 7.42. The van der Waals surface area contributed by atoms with Crippen molar-refractivity contribution in [1.29, 1.82) is 0 Å². The highest BCUT2D eigenvalue weighted by molar-refractivity contribution is 5.68. The van der Waals surface area contributed by atoms with E-state index in [0.717, 1.165) is 45.3 Å². The molecule has 0 aromatic carbocycles. The molecule has 1 saturated carbocycles. The molecular formula is C17H34N2O3. The molecule has 5 nitrogen and oxygen atoms in total. The summed E-state index contributed by atoms with van der Waals surface area (Å²) in [6.07, 6.45) is 5.30. The summed E-state index contributed by atoms with van der Waals surface area (Å²) in [5.41, 5.74) is -0.430. The molecule has 0 heterocycles. The van der Waals surface area contributed by atoms with Gasteiger partial charge in [-0.2, -0.15) is 0 Å². The zero-order valence-electron chi connectivity index (χ0n) is 14.9. The van der Waals surface area contributed by atoms with Gasteiger partial charge in [-0.25, -0.2) is 4.79 Å². The summed E-state index contributed by atoms with van der Waals surface area (Å²) < 4.78 is 10.8. The number of hydrogen-bond donors (Lipinski definition) is 2. The van der Waals surface area contributed by atoms with Gasteiger partial charge in [-0.05, 0) is 73.3 Å². The Morgan fingerprint density at radius 1 is 1.14 bits per heavy atom. The van der Waals surface area contributed by atoms with Crippen LogP contribution in [0.1, 0.15) is 66.7 Å². The molecule has 0 spiro atoms. The number of carbonyl (C=O) groups is 1. The fraction of sp³-hybridized carbons (Fsp3) is 0.941. The fourth-order valence-electron chi connectivity index (χ4n) is 2.61. The highest BCUT2D eigenvalue weighted by Gasteiger charge is 2.24. The Bertz CT molecular complexity index is 318. The van der Waals surface area contributed by atoms with Crippen LogP contribution in [0.15, 0.2) is 0 Å². The van der Waals surface area contributed by atoms with Gasteiger partial charge in [-0.1, -0.05) is 0 Å². The third-order valence-corrected chi connectivity index (χ3v) is 3.65. The predicted octanol–water partition coefficient (Wildman–Crippen LogP) is 3.23. The van der Waals surface area contributed by atoms with Crippen molar-refractivity contribution < 1.29 is 14.3 Å². The molecule has 0 aliphatic heterocycles. The average molecular weight is 314 g/mol. The van der Waals surface area contributed by atoms with Crippen molar-refractivity contribution in [3.8, 4) is 0 Å². The van der Waals surface area contributed by atoms with Crippen LogP contribution in [-0.2, 0) is 9.47 Å². The third kappa shape index (κ3) is 9.26. The van der Waals surface area contributed by atoms with Crippen molar-refractivity contribution in [3.05, 3.63) is 0 Å². The summed E-state index contributed by atoms with van der Waals surface area (Å²) in [7, 11) is 0. The molecule has 130 valence electrons. The van der Waals surface area contributed by atoms with Gasteiger partial charge in [0.2, 0.25) is 0 Å². The topological polar surface area (TPSA) is 59.6 Å². The SMILES string of the molecule is CC(C)OCCCNC1CCC(NC(=O)OC(C)(C)C)CC1. The van der Waals surface area contributed by atoms with E-state index < -0.39 is 5.60 Å². The molecule has 0 saturated heterocycles. The van der Waals surface area contributed by atoms with Crippen molar-refractivity contribution >= 4 is 6.09 Å². The zero-order valence-corrected chi connectivity index (χ0v) is 14.9. The minimum absolute atomic E-state index is 0.247. The van der Waals surface area contributed by atoms with Crippen LogP contribution >= 0.6 is 0 Å². The quantitative estimate of drug-likeness (QED) is 0.708. The summed E-state index contributed by atoms with van der Waals surface area (Å²) >= 11 is 0. The normalized spacial score (nSPS) is 22.6. The lowest BCUT2D eigenvalue weighted by Gasteiger charge is -2.30. The van der Waals surface area contributed by atoms with E-state index in [9.17, 15) is 4.79 Å². The lowest BCUT2D eigenvalue weighted by atomic mass is 9.91. The first kappa shape index (κ1) is 19.2. The first-order chi connectivity index (χ1) is 10.3. The van der Waals surface area contributed by atoms with Gasteiger partial charge in [0, 0.05) is 18.7 Å². The maximum atomic E-state index is 11.7. The molecular weight excluding hydrogens is 280 g/mol. The van der Waals surface area contributed by atoms with Crippen molar-refractivity contribution in [1.82, 2.24) is 10.6 Å². The molecule has 0 bridgehead atoms. The lowest BCUT2D eigenvalue weighted by Crippen LogP contribution is -2.44. The molecule has 5 heteroatoms. The fourth-order valence-corrected chi connectivity index (χ4v) is 2.61. The van der Waals surface area contributed by atoms with Crippen molar-refractivity contribution in [2.75, 3.05) is 13.2 Å². The largest absolute Gasteiger partial charge is 0.444 e. The number of hydrogen-bond acceptors (Lipinski definition) is 4. The molecule has 0 aromatic rings. The van der Waals surface area contributed by atoms with Crippen LogP contribution < -0.4 is 10.6 Å². The van der Waals surface area contributed by atoms with E-state index in [0.29, 0.717) is 12.1 Å². The van der Waals surface area contributed by atoms with Gasteiger partial charge in [0.25, 0.3) is 0 Å². The number of alkyl carbamates (subject to hydrolysis) is 1. The van der Waals surface area contributed by atoms with Gasteiger partial charge in [-0.15, -0.1) is 0 Å². The van der Waals surface area contributed by atoms with Crippen LogP contribution in [-0.4, -0.2) is 43.0 Å². The van der Waals surface area contributed by atoms with E-state index >= 15 is 0 Å². The van der Waals surface area contributed by atoms with Crippen LogP contribution in [0.2, 0.25) is 0 Å². The van der Waals surface area contributed by atoms with Crippen LogP contribution in [0, 0.1) is 0 Å². The molecule has 0 unspecified atom stereocenters. The van der Waals surface area contributed by atoms with Gasteiger partial charge < -0.3 is 20.1 Å². The lowest BCUT2D eigenvalue weighted by molar-refractivity contribution is 0.0488. The highest BCUT2D eigenvalue weighted by atomic mass is 16.6. The minimum atomic E-state index is -0.430. The molecule has 1 rings (SSSR count). The minimum Gasteiger partial charge on any atom is -0.444 e. The summed E-state index contributed by atoms with van der Waals surface area (Å²) in [5, 5.41) is 6.56. The Morgan fingerprint density at radius 2 is 1.73 bits per heavy atom. The van der Waals surface area contributed by atoms with Crippen molar-refractivity contribution in [2.45, 2.75) is 90.5 Å². The van der Waals surface area contributed by atoms with Crippen LogP contribution in [0.4, 0.5) is 4.79 Å². The number of amides is 1. The molecule has 1 aliphatic rings. The van der Waals surface area contributed by atoms with Gasteiger partial charge in [0.1, 0.15) is 5.60 Å². The first-order valence-corrected chi connectivity index (χ1v) is 8.61.